The summed E-state index contributed by atoms with van der Waals surface area (Å²) in [5.74, 6) is -0.0588. The van der Waals surface area contributed by atoms with Gasteiger partial charge in [-0.25, -0.2) is 4.98 Å². The highest BCUT2D eigenvalue weighted by molar-refractivity contribution is 9.10. The summed E-state index contributed by atoms with van der Waals surface area (Å²) in [6.45, 7) is 3.03. The highest BCUT2D eigenvalue weighted by Gasteiger charge is 2.23. The topological polar surface area (TPSA) is 65.5 Å². The van der Waals surface area contributed by atoms with Gasteiger partial charge in [-0.05, 0) is 28.1 Å². The quantitative estimate of drug-likeness (QED) is 0.862. The summed E-state index contributed by atoms with van der Waals surface area (Å²) in [6, 6.07) is 3.52. The van der Waals surface area contributed by atoms with Crippen LogP contribution in [0.2, 0.25) is 0 Å². The maximum absolute atomic E-state index is 12.2. The zero-order valence-corrected chi connectivity index (χ0v) is 12.9. The van der Waals surface area contributed by atoms with E-state index < -0.39 is 0 Å². The molecule has 1 aromatic rings. The first kappa shape index (κ1) is 14.9. The largest absolute Gasteiger partial charge is 0.358 e. The fourth-order valence-electron chi connectivity index (χ4n) is 2.06. The van der Waals surface area contributed by atoms with Gasteiger partial charge in [0.05, 0.1) is 6.54 Å². The molecule has 0 unspecified atom stereocenters. The van der Waals surface area contributed by atoms with Gasteiger partial charge in [-0.15, -0.1) is 0 Å². The average Bonchev–Trinajstić information content (AvgIpc) is 2.48. The Balaban J connectivity index is 1.88. The van der Waals surface area contributed by atoms with Gasteiger partial charge in [0.25, 0.3) is 5.91 Å². The molecule has 0 atom stereocenters. The summed E-state index contributed by atoms with van der Waals surface area (Å²) >= 11 is 3.30. The number of carbonyl (C=O) groups excluding carboxylic acids is 2. The molecule has 1 N–H and O–H groups in total. The van der Waals surface area contributed by atoms with E-state index in [0.29, 0.717) is 38.4 Å². The molecular weight excluding hydrogens is 324 g/mol. The number of hydrogen-bond acceptors (Lipinski definition) is 4. The van der Waals surface area contributed by atoms with Crippen molar-refractivity contribution in [1.82, 2.24) is 20.1 Å². The van der Waals surface area contributed by atoms with Gasteiger partial charge in [0, 0.05) is 43.9 Å². The molecule has 2 amide bonds. The Hall–Kier alpha value is -1.47. The van der Waals surface area contributed by atoms with Crippen LogP contribution >= 0.6 is 15.9 Å². The van der Waals surface area contributed by atoms with Crippen LogP contribution in [0.4, 0.5) is 0 Å². The van der Waals surface area contributed by atoms with E-state index in [-0.39, 0.29) is 11.8 Å². The van der Waals surface area contributed by atoms with Crippen molar-refractivity contribution in [1.29, 1.82) is 0 Å². The lowest BCUT2D eigenvalue weighted by Gasteiger charge is -2.34. The first-order valence-electron chi connectivity index (χ1n) is 6.44. The summed E-state index contributed by atoms with van der Waals surface area (Å²) < 4.78 is 0.851. The highest BCUT2D eigenvalue weighted by Crippen LogP contribution is 2.11. The zero-order chi connectivity index (χ0) is 14.5. The van der Waals surface area contributed by atoms with E-state index in [0.717, 1.165) is 4.47 Å². The molecule has 0 radical (unpaired) electrons. The molecule has 20 heavy (non-hydrogen) atoms. The molecule has 0 saturated carbocycles. The number of amides is 2. The Morgan fingerprint density at radius 2 is 2.00 bits per heavy atom. The van der Waals surface area contributed by atoms with Gasteiger partial charge in [-0.3, -0.25) is 14.5 Å². The van der Waals surface area contributed by atoms with Crippen LogP contribution in [-0.4, -0.2) is 66.4 Å². The molecule has 6 nitrogen and oxygen atoms in total. The smallest absolute Gasteiger partial charge is 0.272 e. The molecule has 1 saturated heterocycles. The van der Waals surface area contributed by atoms with E-state index in [2.05, 4.69) is 26.2 Å². The fourth-order valence-corrected chi connectivity index (χ4v) is 2.29. The number of aromatic nitrogens is 1. The molecule has 108 valence electrons. The minimum Gasteiger partial charge on any atom is -0.358 e. The Morgan fingerprint density at radius 3 is 2.55 bits per heavy atom. The molecule has 1 aromatic heterocycles. The Kier molecular flexibility index (Phi) is 5.08. The van der Waals surface area contributed by atoms with Crippen molar-refractivity contribution in [2.45, 2.75) is 0 Å². The molecular formula is C13H17BrN4O2. The summed E-state index contributed by atoms with van der Waals surface area (Å²) in [4.78, 5) is 31.5. The van der Waals surface area contributed by atoms with Crippen molar-refractivity contribution in [3.8, 4) is 0 Å². The fraction of sp³-hybridized carbons (Fsp3) is 0.462. The van der Waals surface area contributed by atoms with Crippen LogP contribution in [0, 0.1) is 0 Å². The van der Waals surface area contributed by atoms with Crippen LogP contribution < -0.4 is 5.32 Å². The first-order valence-corrected chi connectivity index (χ1v) is 7.23. The molecule has 1 fully saturated rings. The summed E-state index contributed by atoms with van der Waals surface area (Å²) in [6.07, 6.45) is 1.62. The second-order valence-electron chi connectivity index (χ2n) is 4.60. The van der Waals surface area contributed by atoms with E-state index in [9.17, 15) is 9.59 Å². The van der Waals surface area contributed by atoms with Crippen molar-refractivity contribution >= 4 is 27.7 Å². The molecule has 1 aliphatic heterocycles. The maximum Gasteiger partial charge on any atom is 0.272 e. The van der Waals surface area contributed by atoms with Crippen LogP contribution in [0.1, 0.15) is 10.5 Å². The second-order valence-corrected chi connectivity index (χ2v) is 5.52. The Morgan fingerprint density at radius 1 is 1.30 bits per heavy atom. The van der Waals surface area contributed by atoms with Gasteiger partial charge >= 0.3 is 0 Å². The van der Waals surface area contributed by atoms with Gasteiger partial charge in [0.15, 0.2) is 0 Å². The number of nitrogens with one attached hydrogen (secondary N) is 1. The predicted octanol–water partition coefficient (Wildman–Crippen LogP) is 0.348. The number of carbonyl (C=O) groups is 2. The normalized spacial score (nSPS) is 16.0. The van der Waals surface area contributed by atoms with Gasteiger partial charge < -0.3 is 10.2 Å². The van der Waals surface area contributed by atoms with Crippen molar-refractivity contribution in [3.63, 3.8) is 0 Å². The van der Waals surface area contributed by atoms with Gasteiger partial charge in [-0.2, -0.15) is 0 Å². The van der Waals surface area contributed by atoms with Gasteiger partial charge in [-0.1, -0.05) is 0 Å². The van der Waals surface area contributed by atoms with Gasteiger partial charge in [0.1, 0.15) is 5.69 Å². The summed E-state index contributed by atoms with van der Waals surface area (Å²) in [5, 5.41) is 2.60. The highest BCUT2D eigenvalue weighted by atomic mass is 79.9. The molecule has 2 rings (SSSR count). The van der Waals surface area contributed by atoms with Crippen molar-refractivity contribution < 1.29 is 9.59 Å². The minimum absolute atomic E-state index is 0.000599. The average molecular weight is 341 g/mol. The summed E-state index contributed by atoms with van der Waals surface area (Å²) in [7, 11) is 1.63. The molecule has 7 heteroatoms. The Bertz CT molecular complexity index is 484. The molecule has 0 aliphatic carbocycles. The third kappa shape index (κ3) is 3.77. The standard InChI is InChI=1S/C13H17BrN4O2/c1-15-12(19)9-17-4-6-18(7-5-17)13(20)11-3-2-10(14)8-16-11/h2-3,8H,4-7,9H2,1H3,(H,15,19). The molecule has 2 heterocycles. The minimum atomic E-state index is -0.0582. The summed E-state index contributed by atoms with van der Waals surface area (Å²) in [5.41, 5.74) is 0.452. The van der Waals surface area contributed by atoms with Crippen LogP contribution in [-0.2, 0) is 4.79 Å². The van der Waals surface area contributed by atoms with E-state index in [4.69, 9.17) is 0 Å². The van der Waals surface area contributed by atoms with Crippen molar-refractivity contribution in [2.24, 2.45) is 0 Å². The predicted molar refractivity (Wildman–Crippen MR) is 78.3 cm³/mol. The van der Waals surface area contributed by atoms with Crippen molar-refractivity contribution in [3.05, 3.63) is 28.5 Å². The number of rotatable bonds is 3. The SMILES string of the molecule is CNC(=O)CN1CCN(C(=O)c2ccc(Br)cn2)CC1. The van der Waals surface area contributed by atoms with Crippen molar-refractivity contribution in [2.75, 3.05) is 39.8 Å². The van der Waals surface area contributed by atoms with Crippen LogP contribution in [0.25, 0.3) is 0 Å². The number of likely N-dealkylation sites (N-methyl/N-ethyl adjacent to an activating group) is 1. The van der Waals surface area contributed by atoms with E-state index >= 15 is 0 Å². The van der Waals surface area contributed by atoms with Crippen LogP contribution in [0.5, 0.6) is 0 Å². The Labute approximate surface area is 126 Å². The van der Waals surface area contributed by atoms with Crippen LogP contribution in [0.15, 0.2) is 22.8 Å². The lowest BCUT2D eigenvalue weighted by Crippen LogP contribution is -2.51. The lowest BCUT2D eigenvalue weighted by atomic mass is 10.2. The van der Waals surface area contributed by atoms with E-state index in [1.165, 1.54) is 0 Å². The monoisotopic (exact) mass is 340 g/mol. The maximum atomic E-state index is 12.2. The lowest BCUT2D eigenvalue weighted by molar-refractivity contribution is -0.122. The van der Waals surface area contributed by atoms with E-state index in [1.807, 2.05) is 11.0 Å². The molecule has 0 spiro atoms. The number of nitrogens with zero attached hydrogens (tertiary/aromatic N) is 3. The number of halogens is 1. The van der Waals surface area contributed by atoms with E-state index in [1.54, 1.807) is 24.2 Å². The second kappa shape index (κ2) is 6.81. The number of piperazine rings is 1. The third-order valence-electron chi connectivity index (χ3n) is 3.25. The first-order chi connectivity index (χ1) is 9.60. The molecule has 0 bridgehead atoms. The third-order valence-corrected chi connectivity index (χ3v) is 3.72. The zero-order valence-electron chi connectivity index (χ0n) is 11.3. The molecule has 0 aromatic carbocycles. The van der Waals surface area contributed by atoms with Gasteiger partial charge in [0.2, 0.25) is 5.91 Å². The number of hydrogen-bond donors (Lipinski definition) is 1. The molecule has 1 aliphatic rings. The van der Waals surface area contributed by atoms with Crippen LogP contribution in [0.3, 0.4) is 0 Å². The number of pyridine rings is 1.